The van der Waals surface area contributed by atoms with E-state index < -0.39 is 42.5 Å². The molecule has 3 rings (SSSR count). The highest BCUT2D eigenvalue weighted by molar-refractivity contribution is 5.89. The first-order chi connectivity index (χ1) is 14.3. The van der Waals surface area contributed by atoms with Gasteiger partial charge in [0, 0.05) is 25.3 Å². The number of anilines is 1. The molecule has 0 spiro atoms. The molecule has 0 radical (unpaired) electrons. The number of hydrogen-bond acceptors (Lipinski definition) is 7. The summed E-state index contributed by atoms with van der Waals surface area (Å²) in [5.41, 5.74) is 0.271. The van der Waals surface area contributed by atoms with Gasteiger partial charge in [0.25, 0.3) is 0 Å². The molecule has 0 saturated carbocycles. The maximum atomic E-state index is 12.2. The van der Waals surface area contributed by atoms with Gasteiger partial charge in [-0.15, -0.1) is 25.6 Å². The smallest absolute Gasteiger partial charge is 0.406 e. The van der Waals surface area contributed by atoms with Crippen LogP contribution in [0.2, 0.25) is 0 Å². The highest BCUT2D eigenvalue weighted by Gasteiger charge is 2.46. The fourth-order valence-corrected chi connectivity index (χ4v) is 3.58. The highest BCUT2D eigenvalue weighted by Crippen LogP contribution is 2.27. The number of carbonyl (C=O) groups excluding carboxylic acids is 1. The Bertz CT molecular complexity index is 706. The minimum absolute atomic E-state index is 0. The molecule has 1 aromatic rings. The van der Waals surface area contributed by atoms with Gasteiger partial charge >= 0.3 is 12.4 Å². The molecule has 0 aromatic heterocycles. The SMILES string of the molecule is Cl.O=C(NC[C@H]1O[C@@H](CO)[C@@H](O)[C@H]1N1CCOCC1)Nc1ccc(OC(F)(F)F)cc1. The first kappa shape index (κ1) is 25.4. The Balaban J connectivity index is 0.00000341. The molecule has 2 amide bonds. The van der Waals surface area contributed by atoms with Crippen LogP contribution in [0.5, 0.6) is 5.75 Å². The van der Waals surface area contributed by atoms with Crippen molar-refractivity contribution in [2.75, 3.05) is 44.8 Å². The van der Waals surface area contributed by atoms with E-state index in [0.717, 1.165) is 12.1 Å². The largest absolute Gasteiger partial charge is 0.573 e. The molecule has 2 aliphatic rings. The minimum Gasteiger partial charge on any atom is -0.406 e. The molecular weight excluding hydrogens is 447 g/mol. The molecule has 4 N–H and O–H groups in total. The lowest BCUT2D eigenvalue weighted by atomic mass is 10.0. The van der Waals surface area contributed by atoms with Gasteiger partial charge < -0.3 is 35.1 Å². The third-order valence-corrected chi connectivity index (χ3v) is 4.92. The molecule has 1 aromatic carbocycles. The van der Waals surface area contributed by atoms with E-state index in [1.54, 1.807) is 0 Å². The van der Waals surface area contributed by atoms with Gasteiger partial charge in [-0.1, -0.05) is 0 Å². The molecule has 13 heteroatoms. The van der Waals surface area contributed by atoms with Crippen molar-refractivity contribution >= 4 is 24.1 Å². The Hall–Kier alpha value is -1.83. The number of nitrogens with zero attached hydrogens (tertiary/aromatic N) is 1. The van der Waals surface area contributed by atoms with Crippen LogP contribution >= 0.6 is 12.4 Å². The summed E-state index contributed by atoms with van der Waals surface area (Å²) in [5, 5.41) is 25.0. The number of hydrogen-bond donors (Lipinski definition) is 4. The number of alkyl halides is 3. The van der Waals surface area contributed by atoms with Crippen molar-refractivity contribution in [1.29, 1.82) is 0 Å². The topological polar surface area (TPSA) is 113 Å². The Kier molecular flexibility index (Phi) is 9.15. The van der Waals surface area contributed by atoms with E-state index in [2.05, 4.69) is 15.4 Å². The predicted octanol–water partition coefficient (Wildman–Crippen LogP) is 0.950. The lowest BCUT2D eigenvalue weighted by molar-refractivity contribution is -0.274. The summed E-state index contributed by atoms with van der Waals surface area (Å²) < 4.78 is 51.4. The molecule has 9 nitrogen and oxygen atoms in total. The van der Waals surface area contributed by atoms with E-state index in [0.29, 0.717) is 26.3 Å². The van der Waals surface area contributed by atoms with E-state index in [1.807, 2.05) is 4.90 Å². The molecule has 0 unspecified atom stereocenters. The second-order valence-electron chi connectivity index (χ2n) is 6.93. The molecule has 31 heavy (non-hydrogen) atoms. The lowest BCUT2D eigenvalue weighted by Gasteiger charge is -2.36. The predicted molar refractivity (Wildman–Crippen MR) is 105 cm³/mol. The van der Waals surface area contributed by atoms with Gasteiger partial charge in [-0.2, -0.15) is 0 Å². The molecule has 2 fully saturated rings. The maximum absolute atomic E-state index is 12.2. The zero-order valence-corrected chi connectivity index (χ0v) is 17.2. The summed E-state index contributed by atoms with van der Waals surface area (Å²) in [5.74, 6) is -0.398. The summed E-state index contributed by atoms with van der Waals surface area (Å²) in [6.07, 6.45) is -7.01. The maximum Gasteiger partial charge on any atom is 0.573 e. The molecule has 2 saturated heterocycles. The Labute approximate surface area is 182 Å². The molecule has 0 bridgehead atoms. The Morgan fingerprint density at radius 2 is 1.84 bits per heavy atom. The van der Waals surface area contributed by atoms with Crippen molar-refractivity contribution in [3.8, 4) is 5.75 Å². The van der Waals surface area contributed by atoms with E-state index in [4.69, 9.17) is 9.47 Å². The van der Waals surface area contributed by atoms with Gasteiger partial charge in [-0.3, -0.25) is 4.90 Å². The molecule has 0 aliphatic carbocycles. The third-order valence-electron chi connectivity index (χ3n) is 4.92. The van der Waals surface area contributed by atoms with Gasteiger partial charge in [0.2, 0.25) is 0 Å². The van der Waals surface area contributed by atoms with E-state index in [-0.39, 0.29) is 31.2 Å². The van der Waals surface area contributed by atoms with Gasteiger partial charge in [0.15, 0.2) is 0 Å². The second kappa shape index (κ2) is 11.2. The highest BCUT2D eigenvalue weighted by atomic mass is 35.5. The van der Waals surface area contributed by atoms with Crippen molar-refractivity contribution in [1.82, 2.24) is 10.2 Å². The van der Waals surface area contributed by atoms with Gasteiger partial charge in [0.05, 0.1) is 32.0 Å². The molecule has 2 heterocycles. The number of nitrogens with one attached hydrogen (secondary N) is 2. The average molecular weight is 472 g/mol. The van der Waals surface area contributed by atoms with E-state index in [1.165, 1.54) is 12.1 Å². The quantitative estimate of drug-likeness (QED) is 0.488. The minimum atomic E-state index is -4.79. The van der Waals surface area contributed by atoms with Gasteiger partial charge in [-0.05, 0) is 24.3 Å². The summed E-state index contributed by atoms with van der Waals surface area (Å²) >= 11 is 0. The van der Waals surface area contributed by atoms with Crippen LogP contribution in [0.1, 0.15) is 0 Å². The number of morpholine rings is 1. The number of aliphatic hydroxyl groups excluding tert-OH is 2. The zero-order valence-electron chi connectivity index (χ0n) is 16.4. The van der Waals surface area contributed by atoms with Gasteiger partial charge in [0.1, 0.15) is 18.0 Å². The van der Waals surface area contributed by atoms with Crippen molar-refractivity contribution in [3.05, 3.63) is 24.3 Å². The fourth-order valence-electron chi connectivity index (χ4n) is 3.58. The van der Waals surface area contributed by atoms with Crippen LogP contribution in [-0.4, -0.2) is 91.3 Å². The van der Waals surface area contributed by atoms with Crippen LogP contribution in [-0.2, 0) is 9.47 Å². The zero-order chi connectivity index (χ0) is 21.7. The Morgan fingerprint density at radius 1 is 1.19 bits per heavy atom. The number of rotatable bonds is 6. The van der Waals surface area contributed by atoms with E-state index in [9.17, 15) is 28.2 Å². The van der Waals surface area contributed by atoms with Crippen LogP contribution in [0.3, 0.4) is 0 Å². The molecule has 4 atom stereocenters. The summed E-state index contributed by atoms with van der Waals surface area (Å²) in [6, 6.07) is 3.71. The summed E-state index contributed by atoms with van der Waals surface area (Å²) in [7, 11) is 0. The standard InChI is InChI=1S/C18H24F3N3O6.ClH/c19-18(20,21)30-12-3-1-11(2-4-12)23-17(27)22-9-13-15(16(26)14(10-25)29-13)24-5-7-28-8-6-24;/h1-4,13-16,25-26H,5-10H2,(H2,22,23,27);1H/t13-,14+,15+,16-;/m1./s1. The number of ether oxygens (including phenoxy) is 3. The lowest BCUT2D eigenvalue weighted by Crippen LogP contribution is -2.54. The number of carbonyl (C=O) groups is 1. The Morgan fingerprint density at radius 3 is 2.42 bits per heavy atom. The summed E-state index contributed by atoms with van der Waals surface area (Å²) in [4.78, 5) is 14.2. The van der Waals surface area contributed by atoms with Gasteiger partial charge in [-0.25, -0.2) is 4.79 Å². The van der Waals surface area contributed by atoms with Crippen LogP contribution in [0.4, 0.5) is 23.7 Å². The van der Waals surface area contributed by atoms with Crippen molar-refractivity contribution < 1.29 is 42.4 Å². The number of benzene rings is 1. The van der Waals surface area contributed by atoms with Crippen molar-refractivity contribution in [3.63, 3.8) is 0 Å². The van der Waals surface area contributed by atoms with Crippen LogP contribution in [0, 0.1) is 0 Å². The normalized spacial score (nSPS) is 26.7. The second-order valence-corrected chi connectivity index (χ2v) is 6.93. The summed E-state index contributed by atoms with van der Waals surface area (Å²) in [6.45, 7) is 1.94. The van der Waals surface area contributed by atoms with Crippen LogP contribution in [0.25, 0.3) is 0 Å². The van der Waals surface area contributed by atoms with E-state index >= 15 is 0 Å². The number of aliphatic hydroxyl groups is 2. The fraction of sp³-hybridized carbons (Fsp3) is 0.611. The monoisotopic (exact) mass is 471 g/mol. The first-order valence-corrected chi connectivity index (χ1v) is 9.43. The molecule has 176 valence electrons. The first-order valence-electron chi connectivity index (χ1n) is 9.43. The van der Waals surface area contributed by atoms with Crippen molar-refractivity contribution in [2.24, 2.45) is 0 Å². The number of urea groups is 1. The van der Waals surface area contributed by atoms with Crippen LogP contribution < -0.4 is 15.4 Å². The third kappa shape index (κ3) is 7.09. The van der Waals surface area contributed by atoms with Crippen molar-refractivity contribution in [2.45, 2.75) is 30.7 Å². The molecule has 2 aliphatic heterocycles. The average Bonchev–Trinajstić information content (AvgIpc) is 3.03. The number of halogens is 4. The number of amides is 2. The van der Waals surface area contributed by atoms with Crippen LogP contribution in [0.15, 0.2) is 24.3 Å². The molecular formula is C18H25ClF3N3O6.